The highest BCUT2D eigenvalue weighted by molar-refractivity contribution is 6.05. The molecule has 0 saturated heterocycles. The molecule has 200 valence electrons. The minimum atomic E-state index is -0.849. The van der Waals surface area contributed by atoms with Crippen molar-refractivity contribution in [2.45, 2.75) is 72.5 Å². The Kier molecular flexibility index (Phi) is 10.3. The first-order chi connectivity index (χ1) is 17.3. The first kappa shape index (κ1) is 29.4. The van der Waals surface area contributed by atoms with Gasteiger partial charge in [-0.15, -0.1) is 0 Å². The van der Waals surface area contributed by atoms with E-state index in [2.05, 4.69) is 12.2 Å². The van der Waals surface area contributed by atoms with Gasteiger partial charge in [-0.1, -0.05) is 25.5 Å². The maximum Gasteiger partial charge on any atom is 0.375 e. The molecule has 2 aromatic carbocycles. The van der Waals surface area contributed by atoms with Gasteiger partial charge in [-0.2, -0.15) is 0 Å². The Morgan fingerprint density at radius 3 is 2.08 bits per heavy atom. The number of anilines is 1. The summed E-state index contributed by atoms with van der Waals surface area (Å²) in [6, 6.07) is 13.4. The van der Waals surface area contributed by atoms with E-state index in [1.807, 2.05) is 0 Å². The van der Waals surface area contributed by atoms with Gasteiger partial charge in [-0.3, -0.25) is 4.79 Å². The number of hydrogen-bond donors (Lipinski definition) is 1. The quantitative estimate of drug-likeness (QED) is 0.179. The van der Waals surface area contributed by atoms with Gasteiger partial charge in [-0.05, 0) is 84.4 Å². The summed E-state index contributed by atoms with van der Waals surface area (Å²) in [5.74, 6) is -1.54. The first-order valence-corrected chi connectivity index (χ1v) is 12.3. The number of carbonyl (C=O) groups excluding carboxylic acids is 3. The molecule has 8 heteroatoms. The van der Waals surface area contributed by atoms with Gasteiger partial charge in [0.15, 0.2) is 5.75 Å². The SMILES string of the molecule is CCCCOc1ccc(C(=O)Nc2ccccc2O/C(=C\C(=O)OC(C)(C)C)C(=O)OC(C)(C)C)cc1. The summed E-state index contributed by atoms with van der Waals surface area (Å²) in [4.78, 5) is 38.1. The van der Waals surface area contributed by atoms with Crippen molar-refractivity contribution in [2.24, 2.45) is 0 Å². The third-order valence-electron chi connectivity index (χ3n) is 4.49. The molecule has 0 atom stereocenters. The van der Waals surface area contributed by atoms with Crippen molar-refractivity contribution in [3.8, 4) is 11.5 Å². The van der Waals surface area contributed by atoms with Crippen LogP contribution in [0.2, 0.25) is 0 Å². The van der Waals surface area contributed by atoms with Crippen molar-refractivity contribution in [3.05, 3.63) is 65.9 Å². The van der Waals surface area contributed by atoms with Crippen LogP contribution in [-0.2, 0) is 19.1 Å². The van der Waals surface area contributed by atoms with Crippen molar-refractivity contribution in [1.82, 2.24) is 0 Å². The van der Waals surface area contributed by atoms with Crippen LogP contribution in [0.5, 0.6) is 11.5 Å². The first-order valence-electron chi connectivity index (χ1n) is 12.3. The van der Waals surface area contributed by atoms with Crippen LogP contribution in [0.1, 0.15) is 71.7 Å². The molecule has 0 aromatic heterocycles. The Morgan fingerprint density at radius 2 is 1.49 bits per heavy atom. The molecule has 0 spiro atoms. The Balaban J connectivity index is 2.25. The molecule has 0 aliphatic carbocycles. The molecule has 1 N–H and O–H groups in total. The van der Waals surface area contributed by atoms with Crippen molar-refractivity contribution >= 4 is 23.5 Å². The molecule has 0 radical (unpaired) electrons. The van der Waals surface area contributed by atoms with E-state index in [9.17, 15) is 14.4 Å². The topological polar surface area (TPSA) is 100 Å². The van der Waals surface area contributed by atoms with Crippen molar-refractivity contribution in [2.75, 3.05) is 11.9 Å². The van der Waals surface area contributed by atoms with Crippen LogP contribution < -0.4 is 14.8 Å². The summed E-state index contributed by atoms with van der Waals surface area (Å²) in [7, 11) is 0. The molecule has 0 bridgehead atoms. The lowest BCUT2D eigenvalue weighted by molar-refractivity contribution is -0.154. The molecule has 0 unspecified atom stereocenters. The molecule has 0 fully saturated rings. The molecule has 2 aromatic rings. The van der Waals surface area contributed by atoms with Crippen molar-refractivity contribution in [1.29, 1.82) is 0 Å². The summed E-state index contributed by atoms with van der Waals surface area (Å²) in [6.45, 7) is 12.9. The van der Waals surface area contributed by atoms with Crippen LogP contribution >= 0.6 is 0 Å². The predicted octanol–water partition coefficient (Wildman–Crippen LogP) is 6.06. The Bertz CT molecular complexity index is 1110. The number of ether oxygens (including phenoxy) is 4. The third kappa shape index (κ3) is 10.8. The number of nitrogens with one attached hydrogen (secondary N) is 1. The molecule has 8 nitrogen and oxygen atoms in total. The maximum atomic E-state index is 12.9. The van der Waals surface area contributed by atoms with Crippen LogP contribution in [0.3, 0.4) is 0 Å². The van der Waals surface area contributed by atoms with Gasteiger partial charge in [0, 0.05) is 5.56 Å². The zero-order valence-corrected chi connectivity index (χ0v) is 22.7. The number of esters is 2. The fourth-order valence-corrected chi connectivity index (χ4v) is 2.91. The van der Waals surface area contributed by atoms with Gasteiger partial charge in [0.1, 0.15) is 17.0 Å². The average molecular weight is 512 g/mol. The number of hydrogen-bond acceptors (Lipinski definition) is 7. The average Bonchev–Trinajstić information content (AvgIpc) is 2.78. The van der Waals surface area contributed by atoms with E-state index >= 15 is 0 Å². The van der Waals surface area contributed by atoms with Crippen molar-refractivity contribution in [3.63, 3.8) is 0 Å². The largest absolute Gasteiger partial charge is 0.494 e. The zero-order chi connectivity index (χ0) is 27.6. The molecule has 37 heavy (non-hydrogen) atoms. The molecule has 0 aliphatic rings. The van der Waals surface area contributed by atoms with E-state index in [1.165, 1.54) is 0 Å². The molecular formula is C29H37NO7. The van der Waals surface area contributed by atoms with Gasteiger partial charge in [-0.25, -0.2) is 9.59 Å². The minimum absolute atomic E-state index is 0.149. The van der Waals surface area contributed by atoms with Crippen LogP contribution in [0.25, 0.3) is 0 Å². The molecule has 0 heterocycles. The van der Waals surface area contributed by atoms with Gasteiger partial charge < -0.3 is 24.3 Å². The highest BCUT2D eigenvalue weighted by Crippen LogP contribution is 2.28. The Morgan fingerprint density at radius 1 is 0.865 bits per heavy atom. The number of para-hydroxylation sites is 2. The van der Waals surface area contributed by atoms with Crippen LogP contribution in [0, 0.1) is 0 Å². The summed E-state index contributed by atoms with van der Waals surface area (Å²) < 4.78 is 22.1. The summed E-state index contributed by atoms with van der Waals surface area (Å²) in [6.07, 6.45) is 2.92. The van der Waals surface area contributed by atoms with Gasteiger partial charge in [0.2, 0.25) is 5.76 Å². The van der Waals surface area contributed by atoms with E-state index < -0.39 is 23.1 Å². The molecule has 1 amide bonds. The highest BCUT2D eigenvalue weighted by Gasteiger charge is 2.25. The summed E-state index contributed by atoms with van der Waals surface area (Å²) in [5.41, 5.74) is -0.883. The van der Waals surface area contributed by atoms with E-state index in [-0.39, 0.29) is 17.4 Å². The smallest absolute Gasteiger partial charge is 0.375 e. The lowest BCUT2D eigenvalue weighted by atomic mass is 10.2. The van der Waals surface area contributed by atoms with E-state index in [4.69, 9.17) is 18.9 Å². The fraction of sp³-hybridized carbons (Fsp3) is 0.414. The number of rotatable bonds is 10. The molecule has 2 rings (SSSR count). The Labute approximate surface area is 218 Å². The lowest BCUT2D eigenvalue weighted by Crippen LogP contribution is -2.28. The molecule has 0 aliphatic heterocycles. The minimum Gasteiger partial charge on any atom is -0.494 e. The van der Waals surface area contributed by atoms with E-state index in [0.29, 0.717) is 23.6 Å². The van der Waals surface area contributed by atoms with Crippen molar-refractivity contribution < 1.29 is 33.3 Å². The molecule has 0 saturated carbocycles. The standard InChI is InChI=1S/C29H37NO7/c1-8-9-18-34-21-16-14-20(15-17-21)26(32)30-22-12-10-11-13-23(22)35-24(27(33)37-29(5,6)7)19-25(31)36-28(2,3)4/h10-17,19H,8-9,18H2,1-7H3,(H,30,32)/b24-19-. The zero-order valence-electron chi connectivity index (χ0n) is 22.7. The molecular weight excluding hydrogens is 474 g/mol. The second-order valence-electron chi connectivity index (χ2n) is 10.3. The second kappa shape index (κ2) is 12.9. The monoisotopic (exact) mass is 511 g/mol. The number of amides is 1. The fourth-order valence-electron chi connectivity index (χ4n) is 2.91. The predicted molar refractivity (Wildman–Crippen MR) is 142 cm³/mol. The summed E-state index contributed by atoms with van der Waals surface area (Å²) >= 11 is 0. The number of unbranched alkanes of at least 4 members (excludes halogenated alkanes) is 1. The van der Waals surface area contributed by atoms with Crippen LogP contribution in [-0.4, -0.2) is 35.7 Å². The second-order valence-corrected chi connectivity index (χ2v) is 10.3. The maximum absolute atomic E-state index is 12.9. The third-order valence-corrected chi connectivity index (χ3v) is 4.49. The van der Waals surface area contributed by atoms with Gasteiger partial charge in [0.25, 0.3) is 5.91 Å². The van der Waals surface area contributed by atoms with Crippen LogP contribution in [0.15, 0.2) is 60.4 Å². The number of carbonyl (C=O) groups is 3. The van der Waals surface area contributed by atoms with Crippen LogP contribution in [0.4, 0.5) is 5.69 Å². The van der Waals surface area contributed by atoms with Gasteiger partial charge >= 0.3 is 11.9 Å². The lowest BCUT2D eigenvalue weighted by Gasteiger charge is -2.22. The highest BCUT2D eigenvalue weighted by atomic mass is 16.6. The number of benzene rings is 2. The van der Waals surface area contributed by atoms with Gasteiger partial charge in [0.05, 0.1) is 18.4 Å². The summed E-state index contributed by atoms with van der Waals surface area (Å²) in [5, 5.41) is 2.78. The normalized spacial score (nSPS) is 11.9. The Hall–Kier alpha value is -3.81. The van der Waals surface area contributed by atoms with E-state index in [0.717, 1.165) is 18.9 Å². The van der Waals surface area contributed by atoms with E-state index in [1.54, 1.807) is 90.1 Å².